The van der Waals surface area contributed by atoms with Crippen LogP contribution >= 0.6 is 0 Å². The second-order valence-electron chi connectivity index (χ2n) is 3.34. The summed E-state index contributed by atoms with van der Waals surface area (Å²) >= 11 is 0. The first-order valence-electron chi connectivity index (χ1n) is 4.99. The number of hydrogen-bond donors (Lipinski definition) is 1. The Balaban J connectivity index is 2.12. The van der Waals surface area contributed by atoms with Crippen LogP contribution in [0.1, 0.15) is 5.56 Å². The predicted molar refractivity (Wildman–Crippen MR) is 62.5 cm³/mol. The number of nitrogens with zero attached hydrogens (tertiary/aromatic N) is 3. The van der Waals surface area contributed by atoms with E-state index >= 15 is 0 Å². The Bertz CT molecular complexity index is 516. The van der Waals surface area contributed by atoms with E-state index in [1.54, 1.807) is 12.4 Å². The van der Waals surface area contributed by atoms with Crippen molar-refractivity contribution < 1.29 is 4.92 Å². The predicted octanol–water partition coefficient (Wildman–Crippen LogP) is 2.00. The van der Waals surface area contributed by atoms with Crippen molar-refractivity contribution in [3.8, 4) is 0 Å². The molecule has 2 rings (SSSR count). The highest BCUT2D eigenvalue weighted by Crippen LogP contribution is 2.20. The monoisotopic (exact) mass is 230 g/mol. The summed E-state index contributed by atoms with van der Waals surface area (Å²) in [5.41, 5.74) is 0.906. The fraction of sp³-hybridized carbons (Fsp3) is 0.0909. The van der Waals surface area contributed by atoms with Gasteiger partial charge in [0.1, 0.15) is 0 Å². The largest absolute Gasteiger partial charge is 0.360 e. The third-order valence-electron chi connectivity index (χ3n) is 2.17. The molecule has 0 saturated carbocycles. The van der Waals surface area contributed by atoms with Crippen LogP contribution in [0.3, 0.4) is 0 Å². The second-order valence-corrected chi connectivity index (χ2v) is 3.34. The Morgan fingerprint density at radius 2 is 2.12 bits per heavy atom. The molecule has 6 nitrogen and oxygen atoms in total. The van der Waals surface area contributed by atoms with Crippen molar-refractivity contribution in [1.29, 1.82) is 0 Å². The summed E-state index contributed by atoms with van der Waals surface area (Å²) in [4.78, 5) is 18.2. The quantitative estimate of drug-likeness (QED) is 0.641. The third kappa shape index (κ3) is 2.75. The number of rotatable bonds is 4. The number of aromatic nitrogens is 2. The Morgan fingerprint density at radius 3 is 2.82 bits per heavy atom. The molecule has 0 fully saturated rings. The summed E-state index contributed by atoms with van der Waals surface area (Å²) in [5.74, 6) is 0.265. The standard InChI is InChI=1S/C11H10N4O2/c16-15(17)10-4-2-6-13-11(10)14-8-9-3-1-5-12-7-9/h1-7H,8H2,(H,13,14). The van der Waals surface area contributed by atoms with Gasteiger partial charge in [-0.25, -0.2) is 4.98 Å². The molecule has 0 amide bonds. The minimum absolute atomic E-state index is 0.0311. The number of hydrogen-bond acceptors (Lipinski definition) is 5. The molecule has 0 aromatic carbocycles. The van der Waals surface area contributed by atoms with E-state index in [2.05, 4.69) is 15.3 Å². The highest BCUT2D eigenvalue weighted by atomic mass is 16.6. The van der Waals surface area contributed by atoms with E-state index < -0.39 is 4.92 Å². The van der Waals surface area contributed by atoms with Crippen LogP contribution in [-0.2, 0) is 6.54 Å². The molecule has 2 aromatic rings. The molecule has 17 heavy (non-hydrogen) atoms. The van der Waals surface area contributed by atoms with Crippen molar-refractivity contribution in [1.82, 2.24) is 9.97 Å². The van der Waals surface area contributed by atoms with Crippen molar-refractivity contribution >= 4 is 11.5 Å². The van der Waals surface area contributed by atoms with Crippen LogP contribution in [0.5, 0.6) is 0 Å². The highest BCUT2D eigenvalue weighted by molar-refractivity contribution is 5.55. The van der Waals surface area contributed by atoms with Crippen LogP contribution in [0, 0.1) is 10.1 Å². The molecule has 0 aliphatic rings. The summed E-state index contributed by atoms with van der Waals surface area (Å²) in [7, 11) is 0. The van der Waals surface area contributed by atoms with Crippen molar-refractivity contribution in [2.75, 3.05) is 5.32 Å². The Kier molecular flexibility index (Phi) is 3.25. The van der Waals surface area contributed by atoms with E-state index in [1.165, 1.54) is 18.3 Å². The zero-order valence-corrected chi connectivity index (χ0v) is 8.91. The van der Waals surface area contributed by atoms with Crippen LogP contribution in [0.25, 0.3) is 0 Å². The van der Waals surface area contributed by atoms with E-state index in [4.69, 9.17) is 0 Å². The smallest absolute Gasteiger partial charge is 0.311 e. The average Bonchev–Trinajstić information content (AvgIpc) is 2.38. The maximum atomic E-state index is 10.7. The van der Waals surface area contributed by atoms with Gasteiger partial charge in [0.05, 0.1) is 4.92 Å². The topological polar surface area (TPSA) is 81.0 Å². The average molecular weight is 230 g/mol. The van der Waals surface area contributed by atoms with Gasteiger partial charge in [0.2, 0.25) is 5.82 Å². The van der Waals surface area contributed by atoms with Crippen LogP contribution < -0.4 is 5.32 Å². The minimum atomic E-state index is -0.460. The highest BCUT2D eigenvalue weighted by Gasteiger charge is 2.13. The third-order valence-corrected chi connectivity index (χ3v) is 2.17. The zero-order chi connectivity index (χ0) is 12.1. The lowest BCUT2D eigenvalue weighted by Crippen LogP contribution is -2.04. The molecule has 6 heteroatoms. The molecule has 2 heterocycles. The summed E-state index contributed by atoms with van der Waals surface area (Å²) in [6, 6.07) is 6.64. The zero-order valence-electron chi connectivity index (χ0n) is 8.91. The van der Waals surface area contributed by atoms with Gasteiger partial charge in [0.15, 0.2) is 0 Å². The molecule has 2 aromatic heterocycles. The maximum Gasteiger partial charge on any atom is 0.311 e. The van der Waals surface area contributed by atoms with E-state index in [-0.39, 0.29) is 11.5 Å². The molecule has 0 radical (unpaired) electrons. The molecule has 0 spiro atoms. The number of nitrogens with one attached hydrogen (secondary N) is 1. The van der Waals surface area contributed by atoms with Crippen LogP contribution in [0.15, 0.2) is 42.9 Å². The van der Waals surface area contributed by atoms with Crippen molar-refractivity contribution in [2.45, 2.75) is 6.54 Å². The van der Waals surface area contributed by atoms with Gasteiger partial charge in [-0.05, 0) is 17.7 Å². The Labute approximate surface area is 97.5 Å². The molecular formula is C11H10N4O2. The van der Waals surface area contributed by atoms with Gasteiger partial charge < -0.3 is 5.32 Å². The summed E-state index contributed by atoms with van der Waals surface area (Å²) < 4.78 is 0. The summed E-state index contributed by atoms with van der Waals surface area (Å²) in [5, 5.41) is 13.7. The van der Waals surface area contributed by atoms with Gasteiger partial charge in [-0.1, -0.05) is 6.07 Å². The van der Waals surface area contributed by atoms with Crippen LogP contribution in [0.2, 0.25) is 0 Å². The van der Waals surface area contributed by atoms with E-state index in [1.807, 2.05) is 12.1 Å². The van der Waals surface area contributed by atoms with Gasteiger partial charge >= 0.3 is 5.69 Å². The van der Waals surface area contributed by atoms with E-state index in [0.717, 1.165) is 5.56 Å². The molecule has 0 atom stereocenters. The number of anilines is 1. The van der Waals surface area contributed by atoms with E-state index in [0.29, 0.717) is 6.54 Å². The number of pyridine rings is 2. The molecule has 1 N–H and O–H groups in total. The van der Waals surface area contributed by atoms with E-state index in [9.17, 15) is 10.1 Å². The normalized spacial score (nSPS) is 9.88. The molecule has 0 aliphatic heterocycles. The van der Waals surface area contributed by atoms with Crippen molar-refractivity contribution in [3.63, 3.8) is 0 Å². The lowest BCUT2D eigenvalue weighted by molar-refractivity contribution is -0.384. The molecule has 0 saturated heterocycles. The van der Waals surface area contributed by atoms with Crippen molar-refractivity contribution in [2.24, 2.45) is 0 Å². The van der Waals surface area contributed by atoms with Crippen LogP contribution in [-0.4, -0.2) is 14.9 Å². The lowest BCUT2D eigenvalue weighted by atomic mass is 10.3. The first-order valence-corrected chi connectivity index (χ1v) is 4.99. The van der Waals surface area contributed by atoms with Gasteiger partial charge in [0.25, 0.3) is 0 Å². The fourth-order valence-corrected chi connectivity index (χ4v) is 1.37. The first kappa shape index (κ1) is 11.0. The maximum absolute atomic E-state index is 10.7. The molecule has 0 aliphatic carbocycles. The van der Waals surface area contributed by atoms with Crippen LogP contribution in [0.4, 0.5) is 11.5 Å². The second kappa shape index (κ2) is 5.02. The fourth-order valence-electron chi connectivity index (χ4n) is 1.37. The van der Waals surface area contributed by atoms with Gasteiger partial charge in [-0.3, -0.25) is 15.1 Å². The Morgan fingerprint density at radius 1 is 1.29 bits per heavy atom. The molecule has 0 bridgehead atoms. The molecule has 86 valence electrons. The molecule has 0 unspecified atom stereocenters. The van der Waals surface area contributed by atoms with Gasteiger partial charge in [-0.15, -0.1) is 0 Å². The van der Waals surface area contributed by atoms with Gasteiger partial charge in [-0.2, -0.15) is 0 Å². The summed E-state index contributed by atoms with van der Waals surface area (Å²) in [6.07, 6.45) is 4.88. The van der Waals surface area contributed by atoms with Gasteiger partial charge in [0, 0.05) is 31.2 Å². The summed E-state index contributed by atoms with van der Waals surface area (Å²) in [6.45, 7) is 0.450. The van der Waals surface area contributed by atoms with Crippen molar-refractivity contribution in [3.05, 3.63) is 58.5 Å². The first-order chi connectivity index (χ1) is 8.27. The molecular weight excluding hydrogens is 220 g/mol. The Hall–Kier alpha value is -2.50. The minimum Gasteiger partial charge on any atom is -0.360 e. The SMILES string of the molecule is O=[N+]([O-])c1cccnc1NCc1cccnc1. The number of nitro groups is 1. The lowest BCUT2D eigenvalue weighted by Gasteiger charge is -2.05.